The number of aryl methyl sites for hydroxylation is 1. The summed E-state index contributed by atoms with van der Waals surface area (Å²) < 4.78 is 0.987. The van der Waals surface area contributed by atoms with Gasteiger partial charge in [-0.2, -0.15) is 0 Å². The summed E-state index contributed by atoms with van der Waals surface area (Å²) in [5.74, 6) is -0.548. The summed E-state index contributed by atoms with van der Waals surface area (Å²) in [5, 5.41) is 5.36. The third-order valence-corrected chi connectivity index (χ3v) is 3.22. The lowest BCUT2D eigenvalue weighted by molar-refractivity contribution is -0.126. The molecule has 0 aromatic heterocycles. The van der Waals surface area contributed by atoms with E-state index in [4.69, 9.17) is 0 Å². The zero-order valence-corrected chi connectivity index (χ0v) is 12.1. The highest BCUT2D eigenvalue weighted by atomic mass is 79.9. The SMILES string of the molecule is CCCNC(=O)CC(=O)Nc1ccc(Br)c(C)c1. The van der Waals surface area contributed by atoms with Gasteiger partial charge in [0.1, 0.15) is 6.42 Å². The van der Waals surface area contributed by atoms with Crippen LogP contribution >= 0.6 is 15.9 Å². The van der Waals surface area contributed by atoms with Gasteiger partial charge in [0.15, 0.2) is 0 Å². The number of halogens is 1. The predicted molar refractivity (Wildman–Crippen MR) is 75.4 cm³/mol. The average Bonchev–Trinajstić information content (AvgIpc) is 2.31. The predicted octanol–water partition coefficient (Wildman–Crippen LogP) is 2.61. The van der Waals surface area contributed by atoms with E-state index in [9.17, 15) is 9.59 Å². The summed E-state index contributed by atoms with van der Waals surface area (Å²) in [6.07, 6.45) is 0.717. The number of hydrogen-bond acceptors (Lipinski definition) is 2. The molecule has 1 aromatic carbocycles. The van der Waals surface area contributed by atoms with Crippen molar-refractivity contribution in [1.29, 1.82) is 0 Å². The van der Waals surface area contributed by atoms with Gasteiger partial charge >= 0.3 is 0 Å². The third-order valence-electron chi connectivity index (χ3n) is 2.33. The maximum Gasteiger partial charge on any atom is 0.233 e. The van der Waals surface area contributed by atoms with Crippen LogP contribution in [0.25, 0.3) is 0 Å². The molecule has 1 rings (SSSR count). The summed E-state index contributed by atoms with van der Waals surface area (Å²) in [7, 11) is 0. The van der Waals surface area contributed by atoms with Crippen LogP contribution in [-0.2, 0) is 9.59 Å². The topological polar surface area (TPSA) is 58.2 Å². The van der Waals surface area contributed by atoms with E-state index in [1.807, 2.05) is 26.0 Å². The van der Waals surface area contributed by atoms with Gasteiger partial charge in [0, 0.05) is 16.7 Å². The zero-order valence-electron chi connectivity index (χ0n) is 10.5. The fourth-order valence-electron chi connectivity index (χ4n) is 1.40. The molecule has 0 saturated carbocycles. The van der Waals surface area contributed by atoms with Crippen molar-refractivity contribution >= 4 is 33.4 Å². The number of nitrogens with one attached hydrogen (secondary N) is 2. The average molecular weight is 313 g/mol. The first-order valence-electron chi connectivity index (χ1n) is 5.85. The van der Waals surface area contributed by atoms with Gasteiger partial charge in [-0.05, 0) is 37.1 Å². The summed E-state index contributed by atoms with van der Waals surface area (Å²) >= 11 is 3.39. The summed E-state index contributed by atoms with van der Waals surface area (Å²) in [6.45, 7) is 4.50. The van der Waals surface area contributed by atoms with Crippen LogP contribution < -0.4 is 10.6 Å². The highest BCUT2D eigenvalue weighted by molar-refractivity contribution is 9.10. The van der Waals surface area contributed by atoms with Crippen molar-refractivity contribution in [3.05, 3.63) is 28.2 Å². The van der Waals surface area contributed by atoms with Crippen LogP contribution in [0.1, 0.15) is 25.3 Å². The van der Waals surface area contributed by atoms with Crippen molar-refractivity contribution in [2.75, 3.05) is 11.9 Å². The van der Waals surface area contributed by atoms with E-state index in [2.05, 4.69) is 26.6 Å². The molecule has 0 saturated heterocycles. The minimum absolute atomic E-state index is 0.144. The van der Waals surface area contributed by atoms with Crippen molar-refractivity contribution in [2.45, 2.75) is 26.7 Å². The zero-order chi connectivity index (χ0) is 13.5. The molecule has 0 heterocycles. The largest absolute Gasteiger partial charge is 0.356 e. The summed E-state index contributed by atoms with van der Waals surface area (Å²) in [4.78, 5) is 22.9. The Morgan fingerprint density at radius 1 is 1.28 bits per heavy atom. The number of amides is 2. The van der Waals surface area contributed by atoms with Crippen molar-refractivity contribution in [2.24, 2.45) is 0 Å². The lowest BCUT2D eigenvalue weighted by Gasteiger charge is -2.07. The third kappa shape index (κ3) is 4.87. The first kappa shape index (κ1) is 14.7. The van der Waals surface area contributed by atoms with Crippen LogP contribution in [-0.4, -0.2) is 18.4 Å². The Morgan fingerprint density at radius 2 is 2.00 bits per heavy atom. The van der Waals surface area contributed by atoms with Crippen molar-refractivity contribution in [3.63, 3.8) is 0 Å². The molecular weight excluding hydrogens is 296 g/mol. The van der Waals surface area contributed by atoms with Crippen molar-refractivity contribution in [3.8, 4) is 0 Å². The molecule has 0 bridgehead atoms. The molecule has 5 heteroatoms. The molecule has 0 spiro atoms. The fraction of sp³-hybridized carbons (Fsp3) is 0.385. The van der Waals surface area contributed by atoms with E-state index in [0.29, 0.717) is 12.2 Å². The van der Waals surface area contributed by atoms with Crippen LogP contribution in [0.15, 0.2) is 22.7 Å². The second-order valence-electron chi connectivity index (χ2n) is 4.04. The molecule has 18 heavy (non-hydrogen) atoms. The van der Waals surface area contributed by atoms with Gasteiger partial charge in [0.05, 0.1) is 0 Å². The maximum atomic E-state index is 11.6. The molecule has 1 aromatic rings. The van der Waals surface area contributed by atoms with Crippen molar-refractivity contribution < 1.29 is 9.59 Å². The lowest BCUT2D eigenvalue weighted by Crippen LogP contribution is -2.28. The molecule has 0 fully saturated rings. The number of benzene rings is 1. The number of rotatable bonds is 5. The number of carbonyl (C=O) groups is 2. The Hall–Kier alpha value is -1.36. The van der Waals surface area contributed by atoms with Crippen LogP contribution in [0.5, 0.6) is 0 Å². The van der Waals surface area contributed by atoms with Crippen LogP contribution in [0, 0.1) is 6.92 Å². The second kappa shape index (κ2) is 7.16. The molecule has 98 valence electrons. The molecule has 0 atom stereocenters. The smallest absolute Gasteiger partial charge is 0.233 e. The first-order chi connectivity index (χ1) is 8.52. The van der Waals surface area contributed by atoms with Gasteiger partial charge in [0.2, 0.25) is 11.8 Å². The number of hydrogen-bond donors (Lipinski definition) is 2. The van der Waals surface area contributed by atoms with E-state index < -0.39 is 0 Å². The van der Waals surface area contributed by atoms with Gasteiger partial charge in [-0.25, -0.2) is 0 Å². The monoisotopic (exact) mass is 312 g/mol. The standard InChI is InChI=1S/C13H17BrN2O2/c1-3-6-15-12(17)8-13(18)16-10-4-5-11(14)9(2)7-10/h4-5,7H,3,6,8H2,1-2H3,(H,15,17)(H,16,18). The number of carbonyl (C=O) groups excluding carboxylic acids is 2. The van der Waals surface area contributed by atoms with Crippen molar-refractivity contribution in [1.82, 2.24) is 5.32 Å². The Balaban J connectivity index is 2.49. The van der Waals surface area contributed by atoms with Crippen LogP contribution in [0.4, 0.5) is 5.69 Å². The fourth-order valence-corrected chi connectivity index (χ4v) is 1.65. The molecule has 4 nitrogen and oxygen atoms in total. The molecular formula is C13H17BrN2O2. The Morgan fingerprint density at radius 3 is 2.61 bits per heavy atom. The Kier molecular flexibility index (Phi) is 5.85. The minimum Gasteiger partial charge on any atom is -0.356 e. The summed E-state index contributed by atoms with van der Waals surface area (Å²) in [6, 6.07) is 5.51. The molecule has 0 unspecified atom stereocenters. The summed E-state index contributed by atoms with van der Waals surface area (Å²) in [5.41, 5.74) is 1.73. The van der Waals surface area contributed by atoms with Gasteiger partial charge in [-0.1, -0.05) is 22.9 Å². The molecule has 2 N–H and O–H groups in total. The molecule has 0 aliphatic heterocycles. The maximum absolute atomic E-state index is 11.6. The normalized spacial score (nSPS) is 9.94. The number of anilines is 1. The molecule has 0 aliphatic carbocycles. The minimum atomic E-state index is -0.301. The van der Waals surface area contributed by atoms with Gasteiger partial charge in [-0.3, -0.25) is 9.59 Å². The van der Waals surface area contributed by atoms with Crippen LogP contribution in [0.3, 0.4) is 0 Å². The van der Waals surface area contributed by atoms with E-state index in [0.717, 1.165) is 16.5 Å². The van der Waals surface area contributed by atoms with Crippen LogP contribution in [0.2, 0.25) is 0 Å². The van der Waals surface area contributed by atoms with Gasteiger partial charge in [0.25, 0.3) is 0 Å². The van der Waals surface area contributed by atoms with Gasteiger partial charge < -0.3 is 10.6 Å². The lowest BCUT2D eigenvalue weighted by atomic mass is 10.2. The van der Waals surface area contributed by atoms with E-state index in [-0.39, 0.29) is 18.2 Å². The highest BCUT2D eigenvalue weighted by Gasteiger charge is 2.09. The highest BCUT2D eigenvalue weighted by Crippen LogP contribution is 2.19. The Bertz CT molecular complexity index is 447. The van der Waals surface area contributed by atoms with Gasteiger partial charge in [-0.15, -0.1) is 0 Å². The van der Waals surface area contributed by atoms with E-state index in [1.165, 1.54) is 0 Å². The molecule has 0 radical (unpaired) electrons. The molecule has 2 amide bonds. The molecule has 0 aliphatic rings. The first-order valence-corrected chi connectivity index (χ1v) is 6.65. The van der Waals surface area contributed by atoms with E-state index in [1.54, 1.807) is 6.07 Å². The van der Waals surface area contributed by atoms with E-state index >= 15 is 0 Å². The second-order valence-corrected chi connectivity index (χ2v) is 4.89. The quantitative estimate of drug-likeness (QED) is 0.821. The Labute approximate surface area is 115 Å².